The minimum absolute atomic E-state index is 0.0791. The van der Waals surface area contributed by atoms with Crippen molar-refractivity contribution in [1.82, 2.24) is 15.3 Å². The number of hydrogen-bond acceptors (Lipinski definition) is 4. The van der Waals surface area contributed by atoms with Gasteiger partial charge in [-0.25, -0.2) is 0 Å². The van der Waals surface area contributed by atoms with Crippen molar-refractivity contribution in [3.05, 3.63) is 59.7 Å². The van der Waals surface area contributed by atoms with E-state index in [1.165, 1.54) is 11.1 Å². The summed E-state index contributed by atoms with van der Waals surface area (Å²) in [6.45, 7) is 3.09. The second-order valence-corrected chi connectivity index (χ2v) is 6.12. The Balaban J connectivity index is 1.86. The number of benzene rings is 1. The summed E-state index contributed by atoms with van der Waals surface area (Å²) in [6.07, 6.45) is 6.02. The van der Waals surface area contributed by atoms with Gasteiger partial charge < -0.3 is 5.32 Å². The zero-order chi connectivity index (χ0) is 14.5. The van der Waals surface area contributed by atoms with Gasteiger partial charge in [-0.1, -0.05) is 41.6 Å². The van der Waals surface area contributed by atoms with Crippen molar-refractivity contribution >= 4 is 16.9 Å². The average Bonchev–Trinajstić information content (AvgIpc) is 3.01. The Hall–Kier alpha value is -1.88. The maximum Gasteiger partial charge on any atom is 0.157 e. The third-order valence-electron chi connectivity index (χ3n) is 3.37. The number of rotatable bonds is 4. The molecule has 1 saturated heterocycles. The number of nitrogens with one attached hydrogen (secondary N) is 1. The van der Waals surface area contributed by atoms with Gasteiger partial charge in [0.15, 0.2) is 5.17 Å². The van der Waals surface area contributed by atoms with Crippen molar-refractivity contribution in [3.63, 3.8) is 0 Å². The van der Waals surface area contributed by atoms with E-state index in [1.807, 2.05) is 6.20 Å². The lowest BCUT2D eigenvalue weighted by atomic mass is 10.0. The molecule has 108 valence electrons. The number of aromatic nitrogens is 2. The molecule has 0 bridgehead atoms. The molecule has 4 nitrogen and oxygen atoms in total. The molecule has 1 N–H and O–H groups in total. The fourth-order valence-electron chi connectivity index (χ4n) is 2.24. The Bertz CT molecular complexity index is 602. The Labute approximate surface area is 129 Å². The van der Waals surface area contributed by atoms with Gasteiger partial charge in [-0.3, -0.25) is 15.0 Å². The SMILES string of the molecule is Cc1ccc(C(Cc2cnccn2)/N=C2/NCCS2)cc1. The van der Waals surface area contributed by atoms with Crippen LogP contribution in [-0.4, -0.2) is 27.4 Å². The van der Waals surface area contributed by atoms with Crippen LogP contribution in [0.2, 0.25) is 0 Å². The van der Waals surface area contributed by atoms with Crippen molar-refractivity contribution in [2.45, 2.75) is 19.4 Å². The van der Waals surface area contributed by atoms with Crippen LogP contribution in [-0.2, 0) is 6.42 Å². The summed E-state index contributed by atoms with van der Waals surface area (Å²) in [5.74, 6) is 1.09. The number of aryl methyl sites for hydroxylation is 1. The smallest absolute Gasteiger partial charge is 0.157 e. The van der Waals surface area contributed by atoms with Crippen molar-refractivity contribution in [1.29, 1.82) is 0 Å². The highest BCUT2D eigenvalue weighted by atomic mass is 32.2. The van der Waals surface area contributed by atoms with Gasteiger partial charge in [0.2, 0.25) is 0 Å². The molecule has 2 aromatic rings. The van der Waals surface area contributed by atoms with Gasteiger partial charge in [-0.15, -0.1) is 0 Å². The van der Waals surface area contributed by atoms with Crippen molar-refractivity contribution < 1.29 is 0 Å². The molecule has 21 heavy (non-hydrogen) atoms. The summed E-state index contributed by atoms with van der Waals surface area (Å²) in [5, 5.41) is 4.36. The molecule has 1 unspecified atom stereocenters. The van der Waals surface area contributed by atoms with Gasteiger partial charge in [0, 0.05) is 37.3 Å². The second-order valence-electron chi connectivity index (χ2n) is 5.04. The highest BCUT2D eigenvalue weighted by Crippen LogP contribution is 2.24. The summed E-state index contributed by atoms with van der Waals surface area (Å²) >= 11 is 1.78. The maximum absolute atomic E-state index is 4.87. The van der Waals surface area contributed by atoms with Crippen LogP contribution < -0.4 is 5.32 Å². The number of amidine groups is 1. The Kier molecular flexibility index (Phi) is 4.50. The van der Waals surface area contributed by atoms with Crippen LogP contribution in [0.25, 0.3) is 0 Å². The minimum atomic E-state index is 0.0791. The average molecular weight is 298 g/mol. The van der Waals surface area contributed by atoms with Crippen molar-refractivity contribution in [3.8, 4) is 0 Å². The molecular weight excluding hydrogens is 280 g/mol. The molecule has 1 aliphatic heterocycles. The molecule has 0 aliphatic carbocycles. The van der Waals surface area contributed by atoms with E-state index >= 15 is 0 Å². The quantitative estimate of drug-likeness (QED) is 0.943. The van der Waals surface area contributed by atoms with Crippen molar-refractivity contribution in [2.24, 2.45) is 4.99 Å². The van der Waals surface area contributed by atoms with Crippen LogP contribution in [0.5, 0.6) is 0 Å². The molecule has 5 heteroatoms. The molecule has 1 aliphatic rings. The fourth-order valence-corrected chi connectivity index (χ4v) is 3.04. The molecule has 1 fully saturated rings. The molecular formula is C16H18N4S. The van der Waals surface area contributed by atoms with Gasteiger partial charge in [-0.05, 0) is 12.5 Å². The molecule has 2 heterocycles. The van der Waals surface area contributed by atoms with Gasteiger partial charge in [0.1, 0.15) is 0 Å². The largest absolute Gasteiger partial charge is 0.364 e. The fraction of sp³-hybridized carbons (Fsp3) is 0.312. The topological polar surface area (TPSA) is 50.2 Å². The van der Waals surface area contributed by atoms with Gasteiger partial charge in [0.25, 0.3) is 0 Å². The van der Waals surface area contributed by atoms with Gasteiger partial charge >= 0.3 is 0 Å². The highest BCUT2D eigenvalue weighted by molar-refractivity contribution is 8.14. The number of nitrogens with zero attached hydrogens (tertiary/aromatic N) is 3. The van der Waals surface area contributed by atoms with E-state index < -0.39 is 0 Å². The molecule has 0 saturated carbocycles. The Morgan fingerprint density at radius 3 is 2.81 bits per heavy atom. The molecule has 0 spiro atoms. The monoisotopic (exact) mass is 298 g/mol. The normalized spacial score (nSPS) is 17.7. The van der Waals surface area contributed by atoms with Crippen LogP contribution in [0.3, 0.4) is 0 Å². The predicted octanol–water partition coefficient (Wildman–Crippen LogP) is 2.76. The Morgan fingerprint density at radius 2 is 2.14 bits per heavy atom. The number of hydrogen-bond donors (Lipinski definition) is 1. The lowest BCUT2D eigenvalue weighted by Crippen LogP contribution is -2.15. The standard InChI is InChI=1S/C16H18N4S/c1-12-2-4-13(5-3-12)15(20-16-19-8-9-21-16)10-14-11-17-6-7-18-14/h2-7,11,15H,8-10H2,1H3,(H,19,20). The summed E-state index contributed by atoms with van der Waals surface area (Å²) in [7, 11) is 0. The summed E-state index contributed by atoms with van der Waals surface area (Å²) in [6, 6.07) is 8.65. The molecule has 3 rings (SSSR count). The summed E-state index contributed by atoms with van der Waals surface area (Å²) in [4.78, 5) is 13.4. The Morgan fingerprint density at radius 1 is 1.29 bits per heavy atom. The predicted molar refractivity (Wildman–Crippen MR) is 87.6 cm³/mol. The van der Waals surface area contributed by atoms with Crippen LogP contribution in [0.1, 0.15) is 22.9 Å². The van der Waals surface area contributed by atoms with E-state index in [9.17, 15) is 0 Å². The zero-order valence-electron chi connectivity index (χ0n) is 12.0. The lowest BCUT2D eigenvalue weighted by molar-refractivity contribution is 0.703. The first-order valence-corrected chi connectivity index (χ1v) is 8.06. The van der Waals surface area contributed by atoms with Crippen LogP contribution >= 0.6 is 11.8 Å². The first kappa shape index (κ1) is 14.1. The highest BCUT2D eigenvalue weighted by Gasteiger charge is 2.16. The molecule has 1 aromatic heterocycles. The second kappa shape index (κ2) is 6.72. The third kappa shape index (κ3) is 3.82. The molecule has 1 aromatic carbocycles. The molecule has 0 radical (unpaired) electrons. The third-order valence-corrected chi connectivity index (χ3v) is 4.30. The van der Waals surface area contributed by atoms with E-state index in [2.05, 4.69) is 46.5 Å². The van der Waals surface area contributed by atoms with Crippen LogP contribution in [0, 0.1) is 6.92 Å². The number of thioether (sulfide) groups is 1. The minimum Gasteiger partial charge on any atom is -0.364 e. The maximum atomic E-state index is 4.87. The molecule has 1 atom stereocenters. The van der Waals surface area contributed by atoms with E-state index in [-0.39, 0.29) is 6.04 Å². The van der Waals surface area contributed by atoms with E-state index in [1.54, 1.807) is 24.2 Å². The van der Waals surface area contributed by atoms with E-state index in [0.717, 1.165) is 29.6 Å². The van der Waals surface area contributed by atoms with Crippen LogP contribution in [0.4, 0.5) is 0 Å². The van der Waals surface area contributed by atoms with Gasteiger partial charge in [-0.2, -0.15) is 0 Å². The summed E-state index contributed by atoms with van der Waals surface area (Å²) in [5.41, 5.74) is 3.45. The van der Waals surface area contributed by atoms with Crippen LogP contribution in [0.15, 0.2) is 47.8 Å². The number of aliphatic imine (C=N–C) groups is 1. The summed E-state index contributed by atoms with van der Waals surface area (Å²) < 4.78 is 0. The first-order valence-electron chi connectivity index (χ1n) is 7.07. The zero-order valence-corrected chi connectivity index (χ0v) is 12.8. The molecule has 0 amide bonds. The lowest BCUT2D eigenvalue weighted by Gasteiger charge is -2.14. The van der Waals surface area contributed by atoms with Crippen molar-refractivity contribution in [2.75, 3.05) is 12.3 Å². The first-order chi connectivity index (χ1) is 10.3. The van der Waals surface area contributed by atoms with E-state index in [4.69, 9.17) is 4.99 Å². The van der Waals surface area contributed by atoms with E-state index in [0.29, 0.717) is 0 Å². The van der Waals surface area contributed by atoms with Gasteiger partial charge in [0.05, 0.1) is 11.7 Å².